The Bertz CT molecular complexity index is 895. The lowest BCUT2D eigenvalue weighted by atomic mass is 9.87. The van der Waals surface area contributed by atoms with E-state index in [0.29, 0.717) is 12.3 Å². The summed E-state index contributed by atoms with van der Waals surface area (Å²) < 4.78 is 0. The molecule has 0 radical (unpaired) electrons. The molecule has 1 aromatic heterocycles. The standard InChI is InChI=1S/C24H30N2O/c1-5-18-12-9-13-20-22(15-25-24(18)20)21(19-10-7-6-8-11-19)14-23(27)26-17(4)16(2)3/h6-13,15-17,21,25H,5,14H2,1-4H3,(H,26,27). The predicted molar refractivity (Wildman–Crippen MR) is 113 cm³/mol. The third-order valence-corrected chi connectivity index (χ3v) is 5.57. The quantitative estimate of drug-likeness (QED) is 0.580. The monoisotopic (exact) mass is 362 g/mol. The van der Waals surface area contributed by atoms with Gasteiger partial charge in [-0.15, -0.1) is 0 Å². The highest BCUT2D eigenvalue weighted by Crippen LogP contribution is 2.34. The average molecular weight is 363 g/mol. The largest absolute Gasteiger partial charge is 0.361 e. The van der Waals surface area contributed by atoms with Gasteiger partial charge in [0.15, 0.2) is 0 Å². The SMILES string of the molecule is CCc1cccc2c(C(CC(=O)NC(C)C(C)C)c3ccccc3)c[nH]c12. The Balaban J connectivity index is 1.98. The molecule has 0 aliphatic carbocycles. The van der Waals surface area contributed by atoms with E-state index in [1.807, 2.05) is 18.2 Å². The Morgan fingerprint density at radius 2 is 1.78 bits per heavy atom. The minimum atomic E-state index is 0.0337. The number of benzene rings is 2. The Hall–Kier alpha value is -2.55. The fraction of sp³-hybridized carbons (Fsp3) is 0.375. The summed E-state index contributed by atoms with van der Waals surface area (Å²) in [5, 5.41) is 4.38. The maximum atomic E-state index is 12.8. The number of hydrogen-bond donors (Lipinski definition) is 2. The van der Waals surface area contributed by atoms with Crippen molar-refractivity contribution in [3.8, 4) is 0 Å². The Labute approximate surface area is 162 Å². The number of aromatic nitrogens is 1. The molecule has 142 valence electrons. The first-order valence-electron chi connectivity index (χ1n) is 9.94. The minimum absolute atomic E-state index is 0.0337. The van der Waals surface area contributed by atoms with Crippen molar-refractivity contribution < 1.29 is 4.79 Å². The van der Waals surface area contributed by atoms with Crippen LogP contribution in [-0.2, 0) is 11.2 Å². The lowest BCUT2D eigenvalue weighted by Gasteiger charge is -2.21. The summed E-state index contributed by atoms with van der Waals surface area (Å²) in [5.74, 6) is 0.557. The van der Waals surface area contributed by atoms with E-state index in [2.05, 4.69) is 74.5 Å². The van der Waals surface area contributed by atoms with Crippen molar-refractivity contribution in [3.63, 3.8) is 0 Å². The maximum absolute atomic E-state index is 12.8. The van der Waals surface area contributed by atoms with Crippen molar-refractivity contribution in [1.82, 2.24) is 10.3 Å². The second-order valence-corrected chi connectivity index (χ2v) is 7.70. The van der Waals surface area contributed by atoms with Gasteiger partial charge in [-0.25, -0.2) is 0 Å². The van der Waals surface area contributed by atoms with Crippen LogP contribution in [0.5, 0.6) is 0 Å². The van der Waals surface area contributed by atoms with E-state index < -0.39 is 0 Å². The highest BCUT2D eigenvalue weighted by atomic mass is 16.1. The van der Waals surface area contributed by atoms with Crippen molar-refractivity contribution in [2.45, 2.75) is 52.5 Å². The van der Waals surface area contributed by atoms with Gasteiger partial charge in [0.05, 0.1) is 0 Å². The highest BCUT2D eigenvalue weighted by molar-refractivity contribution is 5.88. The van der Waals surface area contributed by atoms with Gasteiger partial charge in [-0.1, -0.05) is 69.3 Å². The first-order valence-corrected chi connectivity index (χ1v) is 9.94. The summed E-state index contributed by atoms with van der Waals surface area (Å²) in [7, 11) is 0. The van der Waals surface area contributed by atoms with Crippen LogP contribution in [0.2, 0.25) is 0 Å². The molecule has 0 aliphatic heterocycles. The molecular weight excluding hydrogens is 332 g/mol. The molecule has 3 rings (SSSR count). The molecular formula is C24H30N2O. The summed E-state index contributed by atoms with van der Waals surface area (Å²) in [4.78, 5) is 16.2. The molecule has 2 atom stereocenters. The van der Waals surface area contributed by atoms with Gasteiger partial charge in [0.2, 0.25) is 5.91 Å². The minimum Gasteiger partial charge on any atom is -0.361 e. The summed E-state index contributed by atoms with van der Waals surface area (Å²) in [6.07, 6.45) is 3.52. The van der Waals surface area contributed by atoms with Crippen LogP contribution in [0.1, 0.15) is 56.7 Å². The molecule has 2 N–H and O–H groups in total. The van der Waals surface area contributed by atoms with Crippen molar-refractivity contribution in [3.05, 3.63) is 71.4 Å². The summed E-state index contributed by atoms with van der Waals surface area (Å²) in [6, 6.07) is 16.9. The fourth-order valence-electron chi connectivity index (χ4n) is 3.58. The number of aryl methyl sites for hydroxylation is 1. The number of hydrogen-bond acceptors (Lipinski definition) is 1. The normalized spacial score (nSPS) is 13.7. The Kier molecular flexibility index (Phi) is 6.00. The molecule has 27 heavy (non-hydrogen) atoms. The van der Waals surface area contributed by atoms with Crippen LogP contribution in [0.3, 0.4) is 0 Å². The van der Waals surface area contributed by atoms with Gasteiger partial charge in [-0.3, -0.25) is 4.79 Å². The molecule has 3 heteroatoms. The zero-order valence-electron chi connectivity index (χ0n) is 16.8. The van der Waals surface area contributed by atoms with Crippen LogP contribution in [0, 0.1) is 5.92 Å². The summed E-state index contributed by atoms with van der Waals surface area (Å²) in [5.41, 5.74) is 4.86. The first-order chi connectivity index (χ1) is 13.0. The number of fused-ring (bicyclic) bond motifs is 1. The molecule has 1 amide bonds. The van der Waals surface area contributed by atoms with Crippen LogP contribution in [0.25, 0.3) is 10.9 Å². The third-order valence-electron chi connectivity index (χ3n) is 5.57. The molecule has 0 saturated heterocycles. The van der Waals surface area contributed by atoms with E-state index >= 15 is 0 Å². The number of rotatable bonds is 7. The molecule has 0 saturated carbocycles. The van der Waals surface area contributed by atoms with Gasteiger partial charge in [-0.2, -0.15) is 0 Å². The van der Waals surface area contributed by atoms with E-state index in [9.17, 15) is 4.79 Å². The molecule has 2 aromatic carbocycles. The number of carbonyl (C=O) groups is 1. The number of H-pyrrole nitrogens is 1. The number of nitrogens with one attached hydrogen (secondary N) is 2. The van der Waals surface area contributed by atoms with Crippen molar-refractivity contribution >= 4 is 16.8 Å². The number of para-hydroxylation sites is 1. The fourth-order valence-corrected chi connectivity index (χ4v) is 3.58. The van der Waals surface area contributed by atoms with Crippen LogP contribution in [0.15, 0.2) is 54.7 Å². The van der Waals surface area contributed by atoms with Crippen LogP contribution < -0.4 is 5.32 Å². The van der Waals surface area contributed by atoms with Crippen LogP contribution in [-0.4, -0.2) is 16.9 Å². The average Bonchev–Trinajstić information content (AvgIpc) is 3.10. The lowest BCUT2D eigenvalue weighted by Crippen LogP contribution is -2.36. The van der Waals surface area contributed by atoms with Crippen LogP contribution in [0.4, 0.5) is 0 Å². The lowest BCUT2D eigenvalue weighted by molar-refractivity contribution is -0.122. The third kappa shape index (κ3) is 4.24. The molecule has 2 unspecified atom stereocenters. The number of aromatic amines is 1. The van der Waals surface area contributed by atoms with Crippen LogP contribution >= 0.6 is 0 Å². The molecule has 1 heterocycles. The molecule has 0 fully saturated rings. The molecule has 0 spiro atoms. The highest BCUT2D eigenvalue weighted by Gasteiger charge is 2.23. The molecule has 3 nitrogen and oxygen atoms in total. The molecule has 3 aromatic rings. The topological polar surface area (TPSA) is 44.9 Å². The van der Waals surface area contributed by atoms with E-state index in [1.165, 1.54) is 27.6 Å². The van der Waals surface area contributed by atoms with Gasteiger partial charge >= 0.3 is 0 Å². The summed E-state index contributed by atoms with van der Waals surface area (Å²) in [6.45, 7) is 8.50. The van der Waals surface area contributed by atoms with Crippen molar-refractivity contribution in [1.29, 1.82) is 0 Å². The smallest absolute Gasteiger partial charge is 0.221 e. The van der Waals surface area contributed by atoms with E-state index in [1.54, 1.807) is 0 Å². The molecule has 0 aliphatic rings. The van der Waals surface area contributed by atoms with Gasteiger partial charge in [0, 0.05) is 35.5 Å². The zero-order valence-corrected chi connectivity index (χ0v) is 16.8. The first kappa shape index (κ1) is 19.2. The van der Waals surface area contributed by atoms with Gasteiger partial charge < -0.3 is 10.3 Å². The van der Waals surface area contributed by atoms with Gasteiger partial charge in [0.1, 0.15) is 0 Å². The Morgan fingerprint density at radius 1 is 1.04 bits per heavy atom. The molecule has 0 bridgehead atoms. The van der Waals surface area contributed by atoms with E-state index in [0.717, 1.165) is 6.42 Å². The van der Waals surface area contributed by atoms with Crippen molar-refractivity contribution in [2.24, 2.45) is 5.92 Å². The number of carbonyl (C=O) groups excluding carboxylic acids is 1. The maximum Gasteiger partial charge on any atom is 0.221 e. The summed E-state index contributed by atoms with van der Waals surface area (Å²) >= 11 is 0. The van der Waals surface area contributed by atoms with E-state index in [4.69, 9.17) is 0 Å². The van der Waals surface area contributed by atoms with E-state index in [-0.39, 0.29) is 17.9 Å². The number of amides is 1. The van der Waals surface area contributed by atoms with Gasteiger partial charge in [-0.05, 0) is 36.0 Å². The Morgan fingerprint density at radius 3 is 2.44 bits per heavy atom. The predicted octanol–water partition coefficient (Wildman–Crippen LogP) is 5.41. The second-order valence-electron chi connectivity index (χ2n) is 7.70. The zero-order chi connectivity index (χ0) is 19.4. The second kappa shape index (κ2) is 8.43. The van der Waals surface area contributed by atoms with Gasteiger partial charge in [0.25, 0.3) is 0 Å². The van der Waals surface area contributed by atoms with Crippen molar-refractivity contribution in [2.75, 3.05) is 0 Å².